The van der Waals surface area contributed by atoms with Gasteiger partial charge in [-0.15, -0.1) is 0 Å². The van der Waals surface area contributed by atoms with E-state index in [1.54, 1.807) is 25.1 Å². The normalized spacial score (nSPS) is 11.8. The minimum absolute atomic E-state index is 0.196. The molecule has 0 fully saturated rings. The Balaban J connectivity index is 2.15. The average Bonchev–Trinajstić information content (AvgIpc) is 2.45. The molecule has 1 aromatic rings. The second kappa shape index (κ2) is 9.36. The van der Waals surface area contributed by atoms with Gasteiger partial charge in [0, 0.05) is 30.6 Å². The summed E-state index contributed by atoms with van der Waals surface area (Å²) in [7, 11) is 0. The zero-order chi connectivity index (χ0) is 15.7. The Kier molecular flexibility index (Phi) is 7.78. The van der Waals surface area contributed by atoms with Crippen molar-refractivity contribution in [1.29, 1.82) is 0 Å². The van der Waals surface area contributed by atoms with Crippen LogP contribution in [-0.4, -0.2) is 36.7 Å². The van der Waals surface area contributed by atoms with Gasteiger partial charge in [0.05, 0.1) is 0 Å². The number of nitrogens with one attached hydrogen (secondary N) is 2. The third-order valence-electron chi connectivity index (χ3n) is 2.54. The van der Waals surface area contributed by atoms with Gasteiger partial charge in [-0.1, -0.05) is 18.2 Å². The highest BCUT2D eigenvalue weighted by molar-refractivity contribution is 7.98. The van der Waals surface area contributed by atoms with E-state index in [2.05, 4.69) is 10.6 Å². The lowest BCUT2D eigenvalue weighted by molar-refractivity contribution is -0.139. The SMILES string of the molecule is CC(N)CNC(=O)C(=O)NCCSCc1ccccc1F. The van der Waals surface area contributed by atoms with Crippen molar-refractivity contribution in [1.82, 2.24) is 10.6 Å². The molecule has 1 rings (SSSR count). The molecule has 116 valence electrons. The van der Waals surface area contributed by atoms with Gasteiger partial charge in [0.25, 0.3) is 0 Å². The Morgan fingerprint density at radius 2 is 1.95 bits per heavy atom. The second-order valence-corrected chi connectivity index (χ2v) is 5.69. The predicted molar refractivity (Wildman–Crippen MR) is 82.2 cm³/mol. The van der Waals surface area contributed by atoms with Gasteiger partial charge in [-0.05, 0) is 18.6 Å². The van der Waals surface area contributed by atoms with E-state index in [0.717, 1.165) is 0 Å². The number of carbonyl (C=O) groups excluding carboxylic acids is 2. The van der Waals surface area contributed by atoms with Crippen LogP contribution in [0.2, 0.25) is 0 Å². The lowest BCUT2D eigenvalue weighted by atomic mass is 10.2. The maximum absolute atomic E-state index is 13.3. The van der Waals surface area contributed by atoms with Crippen LogP contribution in [-0.2, 0) is 15.3 Å². The standard InChI is InChI=1S/C14H20FN3O2S/c1-10(16)8-18-14(20)13(19)17-6-7-21-9-11-4-2-3-5-12(11)15/h2-5,10H,6-9,16H2,1H3,(H,17,19)(H,18,20). The van der Waals surface area contributed by atoms with Crippen LogP contribution >= 0.6 is 11.8 Å². The molecule has 0 aliphatic carbocycles. The number of thioether (sulfide) groups is 1. The summed E-state index contributed by atoms with van der Waals surface area (Å²) in [6, 6.07) is 6.37. The van der Waals surface area contributed by atoms with E-state index < -0.39 is 11.8 Å². The van der Waals surface area contributed by atoms with Gasteiger partial charge in [-0.2, -0.15) is 11.8 Å². The van der Waals surface area contributed by atoms with Gasteiger partial charge in [-0.25, -0.2) is 4.39 Å². The fraction of sp³-hybridized carbons (Fsp3) is 0.429. The van der Waals surface area contributed by atoms with Crippen LogP contribution in [0.3, 0.4) is 0 Å². The number of amides is 2. The molecule has 4 N–H and O–H groups in total. The second-order valence-electron chi connectivity index (χ2n) is 4.59. The maximum atomic E-state index is 13.3. The van der Waals surface area contributed by atoms with E-state index >= 15 is 0 Å². The topological polar surface area (TPSA) is 84.2 Å². The quantitative estimate of drug-likeness (QED) is 0.509. The number of hydrogen-bond acceptors (Lipinski definition) is 4. The Morgan fingerprint density at radius 1 is 1.29 bits per heavy atom. The summed E-state index contributed by atoms with van der Waals surface area (Å²) in [4.78, 5) is 22.8. The van der Waals surface area contributed by atoms with E-state index in [1.807, 2.05) is 0 Å². The molecular weight excluding hydrogens is 293 g/mol. The van der Waals surface area contributed by atoms with Crippen molar-refractivity contribution in [3.63, 3.8) is 0 Å². The molecule has 0 saturated heterocycles. The fourth-order valence-electron chi connectivity index (χ4n) is 1.45. The van der Waals surface area contributed by atoms with Gasteiger partial charge < -0.3 is 16.4 Å². The summed E-state index contributed by atoms with van der Waals surface area (Å²) in [5, 5.41) is 4.92. The predicted octanol–water partition coefficient (Wildman–Crippen LogP) is 0.638. The third kappa shape index (κ3) is 7.10. The van der Waals surface area contributed by atoms with Crippen LogP contribution in [0.1, 0.15) is 12.5 Å². The first-order chi connectivity index (χ1) is 10.0. The molecule has 0 bridgehead atoms. The van der Waals surface area contributed by atoms with Crippen molar-refractivity contribution < 1.29 is 14.0 Å². The highest BCUT2D eigenvalue weighted by Crippen LogP contribution is 2.14. The van der Waals surface area contributed by atoms with Crippen molar-refractivity contribution in [2.75, 3.05) is 18.8 Å². The van der Waals surface area contributed by atoms with Gasteiger partial charge in [-0.3, -0.25) is 9.59 Å². The van der Waals surface area contributed by atoms with E-state index in [4.69, 9.17) is 5.73 Å². The molecule has 5 nitrogen and oxygen atoms in total. The monoisotopic (exact) mass is 313 g/mol. The van der Waals surface area contributed by atoms with Gasteiger partial charge >= 0.3 is 11.8 Å². The highest BCUT2D eigenvalue weighted by atomic mass is 32.2. The van der Waals surface area contributed by atoms with E-state index in [9.17, 15) is 14.0 Å². The molecule has 0 aliphatic rings. The maximum Gasteiger partial charge on any atom is 0.309 e. The summed E-state index contributed by atoms with van der Waals surface area (Å²) < 4.78 is 13.3. The zero-order valence-corrected chi connectivity index (χ0v) is 12.7. The summed E-state index contributed by atoms with van der Waals surface area (Å²) >= 11 is 1.49. The molecule has 0 aliphatic heterocycles. The van der Waals surface area contributed by atoms with Crippen LogP contribution < -0.4 is 16.4 Å². The zero-order valence-electron chi connectivity index (χ0n) is 11.9. The Morgan fingerprint density at radius 3 is 2.62 bits per heavy atom. The first-order valence-electron chi connectivity index (χ1n) is 6.63. The first kappa shape index (κ1) is 17.5. The number of hydrogen-bond donors (Lipinski definition) is 3. The van der Waals surface area contributed by atoms with Crippen molar-refractivity contribution >= 4 is 23.6 Å². The molecule has 0 saturated carbocycles. The Labute approximate surface area is 127 Å². The van der Waals surface area contributed by atoms with E-state index in [-0.39, 0.29) is 18.4 Å². The minimum atomic E-state index is -0.689. The number of halogens is 1. The highest BCUT2D eigenvalue weighted by Gasteiger charge is 2.12. The smallest absolute Gasteiger partial charge is 0.309 e. The van der Waals surface area contributed by atoms with Crippen LogP contribution in [0.4, 0.5) is 4.39 Å². The van der Waals surface area contributed by atoms with Crippen LogP contribution in [0.25, 0.3) is 0 Å². The molecule has 21 heavy (non-hydrogen) atoms. The third-order valence-corrected chi connectivity index (χ3v) is 3.55. The molecule has 1 unspecified atom stereocenters. The summed E-state index contributed by atoms with van der Waals surface area (Å²) in [6.45, 7) is 2.34. The van der Waals surface area contributed by atoms with Crippen molar-refractivity contribution in [3.8, 4) is 0 Å². The lowest BCUT2D eigenvalue weighted by Gasteiger charge is -2.08. The molecule has 0 aromatic heterocycles. The summed E-state index contributed by atoms with van der Waals surface area (Å²) in [6.07, 6.45) is 0. The van der Waals surface area contributed by atoms with Crippen LogP contribution in [0.5, 0.6) is 0 Å². The number of rotatable bonds is 7. The first-order valence-corrected chi connectivity index (χ1v) is 7.79. The summed E-state index contributed by atoms with van der Waals surface area (Å²) in [5.74, 6) is -0.474. The van der Waals surface area contributed by atoms with Crippen molar-refractivity contribution in [3.05, 3.63) is 35.6 Å². The molecule has 2 amide bonds. The van der Waals surface area contributed by atoms with Crippen LogP contribution in [0, 0.1) is 5.82 Å². The Bertz CT molecular complexity index is 483. The molecule has 0 spiro atoms. The Hall–Kier alpha value is -1.60. The molecule has 0 radical (unpaired) electrons. The molecule has 1 aromatic carbocycles. The van der Waals surface area contributed by atoms with Gasteiger partial charge in [0.2, 0.25) is 0 Å². The van der Waals surface area contributed by atoms with E-state index in [1.165, 1.54) is 17.8 Å². The molecule has 1 atom stereocenters. The van der Waals surface area contributed by atoms with Crippen LogP contribution in [0.15, 0.2) is 24.3 Å². The van der Waals surface area contributed by atoms with Crippen molar-refractivity contribution in [2.45, 2.75) is 18.7 Å². The fourth-order valence-corrected chi connectivity index (χ4v) is 2.29. The number of nitrogens with two attached hydrogens (primary N) is 1. The molecule has 0 heterocycles. The summed E-state index contributed by atoms with van der Waals surface area (Å²) in [5.41, 5.74) is 6.10. The minimum Gasteiger partial charge on any atom is -0.347 e. The molecule has 7 heteroatoms. The number of carbonyl (C=O) groups is 2. The average molecular weight is 313 g/mol. The number of benzene rings is 1. The lowest BCUT2D eigenvalue weighted by Crippen LogP contribution is -2.44. The van der Waals surface area contributed by atoms with E-state index in [0.29, 0.717) is 23.6 Å². The van der Waals surface area contributed by atoms with Gasteiger partial charge in [0.15, 0.2) is 0 Å². The largest absolute Gasteiger partial charge is 0.347 e. The van der Waals surface area contributed by atoms with Gasteiger partial charge in [0.1, 0.15) is 5.82 Å². The molecular formula is C14H20FN3O2S. The van der Waals surface area contributed by atoms with Crippen molar-refractivity contribution in [2.24, 2.45) is 5.73 Å².